The third-order valence-electron chi connectivity index (χ3n) is 3.95. The Kier molecular flexibility index (Phi) is 6.52. The summed E-state index contributed by atoms with van der Waals surface area (Å²) >= 11 is 0. The summed E-state index contributed by atoms with van der Waals surface area (Å²) in [5.41, 5.74) is 0. The number of fused-ring (bicyclic) bond motifs is 1. The van der Waals surface area contributed by atoms with Gasteiger partial charge in [-0.1, -0.05) is 0 Å². The second-order valence-corrected chi connectivity index (χ2v) is 7.37. The average Bonchev–Trinajstić information content (AvgIpc) is 2.90. The Labute approximate surface area is 143 Å². The first-order valence-corrected chi connectivity index (χ1v) is 9.25. The van der Waals surface area contributed by atoms with E-state index in [-0.39, 0.29) is 17.3 Å². The van der Waals surface area contributed by atoms with Gasteiger partial charge >= 0.3 is 0 Å². The van der Waals surface area contributed by atoms with Gasteiger partial charge in [0.15, 0.2) is 11.5 Å². The molecular weight excluding hydrogens is 340 g/mol. The van der Waals surface area contributed by atoms with E-state index >= 15 is 0 Å². The molecule has 2 heterocycles. The summed E-state index contributed by atoms with van der Waals surface area (Å²) < 4.78 is 38.4. The second kappa shape index (κ2) is 8.19. The number of hydrogen-bond acceptors (Lipinski definition) is 5. The Hall–Kier alpha value is -1.02. The van der Waals surface area contributed by atoms with Gasteiger partial charge in [-0.2, -0.15) is 0 Å². The molecule has 6 nitrogen and oxygen atoms in total. The van der Waals surface area contributed by atoms with Gasteiger partial charge in [-0.25, -0.2) is 13.1 Å². The predicted octanol–water partition coefficient (Wildman–Crippen LogP) is 1.64. The number of rotatable bonds is 5. The second-order valence-electron chi connectivity index (χ2n) is 5.61. The van der Waals surface area contributed by atoms with Crippen LogP contribution in [0.5, 0.6) is 11.5 Å². The number of hydrogen-bond donors (Lipinski definition) is 1. The summed E-state index contributed by atoms with van der Waals surface area (Å²) in [7, 11) is -3.51. The summed E-state index contributed by atoms with van der Waals surface area (Å²) in [5, 5.41) is 0. The van der Waals surface area contributed by atoms with Gasteiger partial charge in [0.1, 0.15) is 0 Å². The van der Waals surface area contributed by atoms with Crippen molar-refractivity contribution in [2.45, 2.75) is 24.2 Å². The number of halogens is 1. The third kappa shape index (κ3) is 4.73. The fourth-order valence-electron chi connectivity index (χ4n) is 2.74. The van der Waals surface area contributed by atoms with Crippen LogP contribution in [0.3, 0.4) is 0 Å². The quantitative estimate of drug-likeness (QED) is 0.862. The van der Waals surface area contributed by atoms with Crippen molar-refractivity contribution >= 4 is 22.4 Å². The summed E-state index contributed by atoms with van der Waals surface area (Å²) in [6.07, 6.45) is 3.20. The highest BCUT2D eigenvalue weighted by Gasteiger charge is 2.19. The first-order valence-electron chi connectivity index (χ1n) is 7.77. The molecule has 8 heteroatoms. The smallest absolute Gasteiger partial charge is 0.240 e. The van der Waals surface area contributed by atoms with Crippen LogP contribution in [0.1, 0.15) is 19.3 Å². The lowest BCUT2D eigenvalue weighted by atomic mass is 10.3. The van der Waals surface area contributed by atoms with Gasteiger partial charge in [0.25, 0.3) is 0 Å². The molecule has 2 aliphatic heterocycles. The summed E-state index contributed by atoms with van der Waals surface area (Å²) in [6, 6.07) is 4.76. The van der Waals surface area contributed by atoms with Crippen LogP contribution in [0.15, 0.2) is 23.1 Å². The highest BCUT2D eigenvalue weighted by atomic mass is 35.5. The maximum absolute atomic E-state index is 12.4. The van der Waals surface area contributed by atoms with E-state index in [1.54, 1.807) is 18.2 Å². The molecule has 23 heavy (non-hydrogen) atoms. The molecular formula is C15H23ClN2O4S. The van der Waals surface area contributed by atoms with Crippen LogP contribution >= 0.6 is 12.4 Å². The number of benzene rings is 1. The number of nitrogens with one attached hydrogen (secondary N) is 1. The maximum atomic E-state index is 12.4. The zero-order valence-electron chi connectivity index (χ0n) is 13.0. The Morgan fingerprint density at radius 2 is 1.74 bits per heavy atom. The molecule has 0 spiro atoms. The standard InChI is InChI=1S/C15H22N2O4S.ClH/c18-22(19,16-6-9-17-7-1-2-8-17)13-4-5-14-15(12-13)21-11-3-10-20-14;/h4-5,12,16H,1-3,6-11H2;1H. The molecule has 0 aromatic heterocycles. The number of sulfonamides is 1. The zero-order chi connectivity index (χ0) is 15.4. The van der Waals surface area contributed by atoms with Crippen molar-refractivity contribution in [1.82, 2.24) is 9.62 Å². The molecule has 1 saturated heterocycles. The van der Waals surface area contributed by atoms with E-state index in [0.717, 1.165) is 26.1 Å². The van der Waals surface area contributed by atoms with Crippen LogP contribution in [0, 0.1) is 0 Å². The van der Waals surface area contributed by atoms with Crippen molar-refractivity contribution in [1.29, 1.82) is 0 Å². The summed E-state index contributed by atoms with van der Waals surface area (Å²) in [6.45, 7) is 4.43. The van der Waals surface area contributed by atoms with Crippen LogP contribution in [-0.2, 0) is 10.0 Å². The highest BCUT2D eigenvalue weighted by Crippen LogP contribution is 2.31. The molecule has 0 saturated carbocycles. The topological polar surface area (TPSA) is 67.9 Å². The summed E-state index contributed by atoms with van der Waals surface area (Å²) in [4.78, 5) is 2.49. The first kappa shape index (κ1) is 18.3. The highest BCUT2D eigenvalue weighted by molar-refractivity contribution is 7.89. The van der Waals surface area contributed by atoms with E-state index < -0.39 is 10.0 Å². The van der Waals surface area contributed by atoms with Gasteiger partial charge in [-0.05, 0) is 38.1 Å². The van der Waals surface area contributed by atoms with Gasteiger partial charge < -0.3 is 14.4 Å². The third-order valence-corrected chi connectivity index (χ3v) is 5.41. The van der Waals surface area contributed by atoms with E-state index in [1.807, 2.05) is 0 Å². The molecule has 130 valence electrons. The van der Waals surface area contributed by atoms with E-state index in [4.69, 9.17) is 9.47 Å². The minimum atomic E-state index is -3.51. The van der Waals surface area contributed by atoms with Crippen molar-refractivity contribution in [3.05, 3.63) is 18.2 Å². The van der Waals surface area contributed by atoms with Crippen molar-refractivity contribution in [3.8, 4) is 11.5 Å². The predicted molar refractivity (Wildman–Crippen MR) is 90.2 cm³/mol. The number of likely N-dealkylation sites (tertiary alicyclic amines) is 1. The van der Waals surface area contributed by atoms with Gasteiger partial charge in [0, 0.05) is 25.6 Å². The largest absolute Gasteiger partial charge is 0.490 e. The fourth-order valence-corrected chi connectivity index (χ4v) is 3.77. The van der Waals surface area contributed by atoms with Crippen molar-refractivity contribution in [2.75, 3.05) is 39.4 Å². The number of ether oxygens (including phenoxy) is 2. The monoisotopic (exact) mass is 362 g/mol. The van der Waals surface area contributed by atoms with Crippen molar-refractivity contribution < 1.29 is 17.9 Å². The molecule has 2 aliphatic rings. The Balaban J connectivity index is 0.00000192. The normalized spacial score (nSPS) is 18.3. The van der Waals surface area contributed by atoms with Gasteiger partial charge in [0.2, 0.25) is 10.0 Å². The van der Waals surface area contributed by atoms with E-state index in [9.17, 15) is 8.42 Å². The molecule has 0 bridgehead atoms. The molecule has 0 radical (unpaired) electrons. The average molecular weight is 363 g/mol. The molecule has 1 aromatic carbocycles. The molecule has 1 fully saturated rings. The summed E-state index contributed by atoms with van der Waals surface area (Å²) in [5.74, 6) is 1.11. The molecule has 0 unspecified atom stereocenters. The van der Waals surface area contributed by atoms with E-state index in [0.29, 0.717) is 31.3 Å². The van der Waals surface area contributed by atoms with Crippen LogP contribution in [-0.4, -0.2) is 52.7 Å². The Morgan fingerprint density at radius 3 is 2.48 bits per heavy atom. The lowest BCUT2D eigenvalue weighted by molar-refractivity contribution is 0.297. The SMILES string of the molecule is Cl.O=S(=O)(NCCN1CCCC1)c1ccc2c(c1)OCCCO2. The van der Waals surface area contributed by atoms with Crippen LogP contribution in [0.2, 0.25) is 0 Å². The van der Waals surface area contributed by atoms with E-state index in [1.165, 1.54) is 12.8 Å². The lowest BCUT2D eigenvalue weighted by Gasteiger charge is -2.15. The van der Waals surface area contributed by atoms with Gasteiger partial charge in [-0.15, -0.1) is 12.4 Å². The first-order chi connectivity index (χ1) is 10.6. The molecule has 0 amide bonds. The van der Waals surface area contributed by atoms with Gasteiger partial charge in [-0.3, -0.25) is 0 Å². The minimum absolute atomic E-state index is 0. The number of nitrogens with zero attached hydrogens (tertiary/aromatic N) is 1. The Morgan fingerprint density at radius 1 is 1.04 bits per heavy atom. The molecule has 3 rings (SSSR count). The molecule has 0 atom stereocenters. The molecule has 0 aliphatic carbocycles. The lowest BCUT2D eigenvalue weighted by Crippen LogP contribution is -2.33. The van der Waals surface area contributed by atoms with Crippen molar-refractivity contribution in [2.24, 2.45) is 0 Å². The van der Waals surface area contributed by atoms with Crippen molar-refractivity contribution in [3.63, 3.8) is 0 Å². The van der Waals surface area contributed by atoms with Crippen LogP contribution < -0.4 is 14.2 Å². The minimum Gasteiger partial charge on any atom is -0.490 e. The Bertz CT molecular complexity index is 618. The van der Waals surface area contributed by atoms with E-state index in [2.05, 4.69) is 9.62 Å². The zero-order valence-corrected chi connectivity index (χ0v) is 14.6. The maximum Gasteiger partial charge on any atom is 0.240 e. The van der Waals surface area contributed by atoms with Crippen LogP contribution in [0.4, 0.5) is 0 Å². The van der Waals surface area contributed by atoms with Crippen LogP contribution in [0.25, 0.3) is 0 Å². The molecule has 1 N–H and O–H groups in total. The fraction of sp³-hybridized carbons (Fsp3) is 0.600. The van der Waals surface area contributed by atoms with Gasteiger partial charge in [0.05, 0.1) is 18.1 Å². The molecule has 1 aromatic rings.